The molecule has 0 aliphatic rings. The Kier molecular flexibility index (Phi) is 5.56. The molecule has 1 N–H and O–H groups in total. The van der Waals surface area contributed by atoms with Crippen LogP contribution in [0.4, 0.5) is 5.13 Å². The lowest BCUT2D eigenvalue weighted by Gasteiger charge is -2.12. The molecule has 24 heavy (non-hydrogen) atoms. The Morgan fingerprint density at radius 3 is 2.33 bits per heavy atom. The van der Waals surface area contributed by atoms with Gasteiger partial charge in [-0.1, -0.05) is 11.3 Å². The molecule has 2 rings (SSSR count). The van der Waals surface area contributed by atoms with Crippen LogP contribution in [0.5, 0.6) is 11.5 Å². The van der Waals surface area contributed by atoms with Crippen LogP contribution in [0.3, 0.4) is 0 Å². The van der Waals surface area contributed by atoms with Crippen LogP contribution in [0, 0.1) is 13.8 Å². The first-order chi connectivity index (χ1) is 11.4. The van der Waals surface area contributed by atoms with Gasteiger partial charge in [-0.3, -0.25) is 10.2 Å². The summed E-state index contributed by atoms with van der Waals surface area (Å²) in [6.45, 7) is 7.23. The molecule has 1 heterocycles. The van der Waals surface area contributed by atoms with Crippen LogP contribution in [0.15, 0.2) is 17.2 Å². The minimum Gasteiger partial charge on any atom is -0.493 e. The SMILES string of the molecule is COc1cc(C)c(/C(C)=N/Nc2nc(C)c(C(C)=O)s2)cc1OC. The quantitative estimate of drug-likeness (QED) is 0.489. The fourth-order valence-corrected chi connectivity index (χ4v) is 3.14. The molecule has 6 nitrogen and oxygen atoms in total. The summed E-state index contributed by atoms with van der Waals surface area (Å²) >= 11 is 1.30. The van der Waals surface area contributed by atoms with E-state index in [0.29, 0.717) is 27.2 Å². The molecule has 1 aromatic carbocycles. The number of ether oxygens (including phenoxy) is 2. The minimum absolute atomic E-state index is 0.00878. The number of anilines is 1. The van der Waals surface area contributed by atoms with Crippen molar-refractivity contribution < 1.29 is 14.3 Å². The van der Waals surface area contributed by atoms with Crippen LogP contribution >= 0.6 is 11.3 Å². The van der Waals surface area contributed by atoms with E-state index in [-0.39, 0.29) is 5.78 Å². The maximum Gasteiger partial charge on any atom is 0.204 e. The number of thiazole rings is 1. The van der Waals surface area contributed by atoms with Crippen molar-refractivity contribution in [3.05, 3.63) is 33.8 Å². The summed E-state index contributed by atoms with van der Waals surface area (Å²) in [6, 6.07) is 3.80. The van der Waals surface area contributed by atoms with Crippen molar-refractivity contribution in [3.8, 4) is 11.5 Å². The van der Waals surface area contributed by atoms with E-state index < -0.39 is 0 Å². The Hall–Kier alpha value is -2.41. The van der Waals surface area contributed by atoms with E-state index in [1.807, 2.05) is 32.9 Å². The molecule has 0 saturated heterocycles. The van der Waals surface area contributed by atoms with Crippen molar-refractivity contribution in [1.82, 2.24) is 4.98 Å². The molecule has 0 aliphatic heterocycles. The van der Waals surface area contributed by atoms with E-state index >= 15 is 0 Å². The summed E-state index contributed by atoms with van der Waals surface area (Å²) in [5, 5.41) is 4.97. The minimum atomic E-state index is 0.00878. The van der Waals surface area contributed by atoms with Crippen LogP contribution in [-0.4, -0.2) is 30.7 Å². The zero-order valence-electron chi connectivity index (χ0n) is 14.7. The first-order valence-corrected chi connectivity index (χ1v) is 8.20. The normalized spacial score (nSPS) is 11.3. The summed E-state index contributed by atoms with van der Waals surface area (Å²) in [7, 11) is 3.21. The van der Waals surface area contributed by atoms with Crippen molar-refractivity contribution in [2.45, 2.75) is 27.7 Å². The molecule has 0 amide bonds. The summed E-state index contributed by atoms with van der Waals surface area (Å²) in [5.41, 5.74) is 6.39. The average Bonchev–Trinajstić information content (AvgIpc) is 2.93. The van der Waals surface area contributed by atoms with Gasteiger partial charge in [0, 0.05) is 12.5 Å². The van der Waals surface area contributed by atoms with Gasteiger partial charge in [-0.15, -0.1) is 0 Å². The van der Waals surface area contributed by atoms with Gasteiger partial charge in [0.05, 0.1) is 30.5 Å². The molecule has 0 spiro atoms. The predicted octanol–water partition coefficient (Wildman–Crippen LogP) is 3.82. The van der Waals surface area contributed by atoms with Gasteiger partial charge in [0.15, 0.2) is 17.3 Å². The Morgan fingerprint density at radius 2 is 1.79 bits per heavy atom. The van der Waals surface area contributed by atoms with Gasteiger partial charge in [-0.25, -0.2) is 4.98 Å². The predicted molar refractivity (Wildman–Crippen MR) is 97.0 cm³/mol. The van der Waals surface area contributed by atoms with Gasteiger partial charge in [-0.2, -0.15) is 5.10 Å². The Bertz CT molecular complexity index is 797. The van der Waals surface area contributed by atoms with Crippen molar-refractivity contribution in [3.63, 3.8) is 0 Å². The number of rotatable bonds is 6. The highest BCUT2D eigenvalue weighted by Gasteiger charge is 2.13. The van der Waals surface area contributed by atoms with E-state index in [0.717, 1.165) is 16.8 Å². The smallest absolute Gasteiger partial charge is 0.204 e. The number of methoxy groups -OCH3 is 2. The lowest BCUT2D eigenvalue weighted by atomic mass is 10.0. The number of carbonyl (C=O) groups is 1. The average molecular weight is 347 g/mol. The summed E-state index contributed by atoms with van der Waals surface area (Å²) in [6.07, 6.45) is 0. The molecule has 2 aromatic rings. The zero-order chi connectivity index (χ0) is 17.9. The molecule has 0 saturated carbocycles. The molecular weight excluding hydrogens is 326 g/mol. The Labute approximate surface area is 145 Å². The first-order valence-electron chi connectivity index (χ1n) is 7.39. The van der Waals surface area contributed by atoms with E-state index in [1.165, 1.54) is 18.3 Å². The number of Topliss-reactive ketones (excluding diaryl/α,β-unsaturated/α-hetero) is 1. The van der Waals surface area contributed by atoms with Gasteiger partial charge in [0.2, 0.25) is 5.13 Å². The van der Waals surface area contributed by atoms with Crippen molar-refractivity contribution in [1.29, 1.82) is 0 Å². The largest absolute Gasteiger partial charge is 0.493 e. The topological polar surface area (TPSA) is 72.8 Å². The maximum absolute atomic E-state index is 11.5. The number of hydrogen-bond donors (Lipinski definition) is 1. The highest BCUT2D eigenvalue weighted by molar-refractivity contribution is 7.17. The molecule has 0 aliphatic carbocycles. The molecule has 0 fully saturated rings. The molecule has 0 unspecified atom stereocenters. The molecule has 1 aromatic heterocycles. The number of hydrazone groups is 1. The number of aryl methyl sites for hydroxylation is 2. The molecule has 128 valence electrons. The fourth-order valence-electron chi connectivity index (χ4n) is 2.33. The second kappa shape index (κ2) is 7.44. The third kappa shape index (κ3) is 3.73. The number of hydrogen-bond acceptors (Lipinski definition) is 7. The number of ketones is 1. The fraction of sp³-hybridized carbons (Fsp3) is 0.353. The van der Waals surface area contributed by atoms with E-state index in [2.05, 4.69) is 15.5 Å². The highest BCUT2D eigenvalue weighted by atomic mass is 32.1. The van der Waals surface area contributed by atoms with Gasteiger partial charge in [-0.05, 0) is 38.5 Å². The molecular formula is C17H21N3O3S. The molecule has 0 atom stereocenters. The van der Waals surface area contributed by atoms with Gasteiger partial charge < -0.3 is 9.47 Å². The van der Waals surface area contributed by atoms with E-state index in [4.69, 9.17) is 9.47 Å². The lowest BCUT2D eigenvalue weighted by molar-refractivity contribution is 0.102. The molecule has 0 radical (unpaired) electrons. The van der Waals surface area contributed by atoms with Crippen LogP contribution < -0.4 is 14.9 Å². The van der Waals surface area contributed by atoms with Crippen molar-refractivity contribution >= 4 is 28.0 Å². The monoisotopic (exact) mass is 347 g/mol. The van der Waals surface area contributed by atoms with Gasteiger partial charge in [0.1, 0.15) is 0 Å². The first kappa shape index (κ1) is 17.9. The third-order valence-electron chi connectivity index (χ3n) is 3.56. The number of aromatic nitrogens is 1. The summed E-state index contributed by atoms with van der Waals surface area (Å²) in [5.74, 6) is 1.34. The zero-order valence-corrected chi connectivity index (χ0v) is 15.5. The second-order valence-corrected chi connectivity index (χ2v) is 6.32. The van der Waals surface area contributed by atoms with Crippen LogP contribution in [0.2, 0.25) is 0 Å². The lowest BCUT2D eigenvalue weighted by Crippen LogP contribution is -2.03. The van der Waals surface area contributed by atoms with Crippen LogP contribution in [0.25, 0.3) is 0 Å². The summed E-state index contributed by atoms with van der Waals surface area (Å²) in [4.78, 5) is 16.5. The van der Waals surface area contributed by atoms with Crippen molar-refractivity contribution in [2.75, 3.05) is 19.6 Å². The van der Waals surface area contributed by atoms with E-state index in [1.54, 1.807) is 14.2 Å². The highest BCUT2D eigenvalue weighted by Crippen LogP contribution is 2.30. The Balaban J connectivity index is 2.28. The van der Waals surface area contributed by atoms with Gasteiger partial charge >= 0.3 is 0 Å². The number of nitrogens with one attached hydrogen (secondary N) is 1. The van der Waals surface area contributed by atoms with Crippen LogP contribution in [-0.2, 0) is 0 Å². The molecule has 7 heteroatoms. The standard InChI is InChI=1S/C17H21N3O3S/c1-9-7-14(22-5)15(23-6)8-13(9)10(2)19-20-17-18-11(3)16(24-17)12(4)21/h7-8H,1-6H3,(H,18,20)/b19-10+. The van der Waals surface area contributed by atoms with Crippen molar-refractivity contribution in [2.24, 2.45) is 5.10 Å². The van der Waals surface area contributed by atoms with Gasteiger partial charge in [0.25, 0.3) is 0 Å². The van der Waals surface area contributed by atoms with E-state index in [9.17, 15) is 4.79 Å². The second-order valence-electron chi connectivity index (χ2n) is 5.32. The van der Waals surface area contributed by atoms with Crippen LogP contribution in [0.1, 0.15) is 40.3 Å². The molecule has 0 bridgehead atoms. The maximum atomic E-state index is 11.5. The Morgan fingerprint density at radius 1 is 1.17 bits per heavy atom. The number of nitrogens with zero attached hydrogens (tertiary/aromatic N) is 2. The third-order valence-corrected chi connectivity index (χ3v) is 4.72. The number of benzene rings is 1. The summed E-state index contributed by atoms with van der Waals surface area (Å²) < 4.78 is 10.6. The number of carbonyl (C=O) groups excluding carboxylic acids is 1.